The van der Waals surface area contributed by atoms with Crippen LogP contribution in [0.2, 0.25) is 0 Å². The van der Waals surface area contributed by atoms with Crippen LogP contribution in [0, 0.1) is 0 Å². The molecule has 1 aliphatic rings. The topological polar surface area (TPSA) is 59.0 Å². The van der Waals surface area contributed by atoms with E-state index in [0.29, 0.717) is 23.7 Å². The molecule has 1 N–H and O–H groups in total. The number of phenols is 1. The van der Waals surface area contributed by atoms with Gasteiger partial charge in [0.1, 0.15) is 17.2 Å². The van der Waals surface area contributed by atoms with Gasteiger partial charge in [-0.05, 0) is 36.4 Å². The third-order valence-corrected chi connectivity index (χ3v) is 3.18. The Bertz CT molecular complexity index is 651. The SMILES string of the molecule is COc1ccc2c(c1)OC(=O)N(c1ccc(O)cc1)C2. The molecule has 0 aromatic heterocycles. The Morgan fingerprint density at radius 2 is 1.95 bits per heavy atom. The molecular formula is C15H13NO4. The second-order valence-corrected chi connectivity index (χ2v) is 4.44. The zero-order chi connectivity index (χ0) is 14.1. The van der Waals surface area contributed by atoms with Crippen molar-refractivity contribution in [1.29, 1.82) is 0 Å². The van der Waals surface area contributed by atoms with Gasteiger partial charge in [-0.15, -0.1) is 0 Å². The molecule has 0 unspecified atom stereocenters. The smallest absolute Gasteiger partial charge is 0.420 e. The maximum Gasteiger partial charge on any atom is 0.420 e. The zero-order valence-corrected chi connectivity index (χ0v) is 10.9. The van der Waals surface area contributed by atoms with Crippen molar-refractivity contribution < 1.29 is 19.4 Å². The Labute approximate surface area is 116 Å². The van der Waals surface area contributed by atoms with Gasteiger partial charge in [-0.3, -0.25) is 4.90 Å². The molecule has 0 saturated carbocycles. The van der Waals surface area contributed by atoms with E-state index in [1.165, 1.54) is 17.0 Å². The lowest BCUT2D eigenvalue weighted by molar-refractivity contribution is 0.202. The monoisotopic (exact) mass is 271 g/mol. The summed E-state index contributed by atoms with van der Waals surface area (Å²) in [6.45, 7) is 0.420. The number of methoxy groups -OCH3 is 1. The molecule has 1 amide bonds. The van der Waals surface area contributed by atoms with Crippen LogP contribution in [-0.2, 0) is 6.54 Å². The number of nitrogens with zero attached hydrogens (tertiary/aromatic N) is 1. The molecule has 0 aliphatic carbocycles. The minimum Gasteiger partial charge on any atom is -0.508 e. The fourth-order valence-electron chi connectivity index (χ4n) is 2.10. The Morgan fingerprint density at radius 1 is 1.20 bits per heavy atom. The Morgan fingerprint density at radius 3 is 2.65 bits per heavy atom. The average Bonchev–Trinajstić information content (AvgIpc) is 2.47. The van der Waals surface area contributed by atoms with Gasteiger partial charge >= 0.3 is 6.09 Å². The normalized spacial score (nSPS) is 13.7. The van der Waals surface area contributed by atoms with Crippen LogP contribution in [0.1, 0.15) is 5.56 Å². The number of rotatable bonds is 2. The van der Waals surface area contributed by atoms with E-state index in [1.807, 2.05) is 12.1 Å². The van der Waals surface area contributed by atoms with Gasteiger partial charge in [0.25, 0.3) is 0 Å². The molecule has 0 bridgehead atoms. The van der Waals surface area contributed by atoms with Crippen LogP contribution in [0.4, 0.5) is 10.5 Å². The van der Waals surface area contributed by atoms with Crippen LogP contribution in [0.5, 0.6) is 17.2 Å². The molecule has 5 nitrogen and oxygen atoms in total. The molecule has 20 heavy (non-hydrogen) atoms. The first-order chi connectivity index (χ1) is 9.67. The van der Waals surface area contributed by atoms with Gasteiger partial charge in [-0.1, -0.05) is 0 Å². The van der Waals surface area contributed by atoms with Crippen LogP contribution in [0.15, 0.2) is 42.5 Å². The minimum absolute atomic E-state index is 0.157. The highest BCUT2D eigenvalue weighted by Gasteiger charge is 2.26. The summed E-state index contributed by atoms with van der Waals surface area (Å²) in [5.74, 6) is 1.32. The molecule has 0 saturated heterocycles. The summed E-state index contributed by atoms with van der Waals surface area (Å²) in [6.07, 6.45) is -0.448. The zero-order valence-electron chi connectivity index (χ0n) is 10.9. The van der Waals surface area contributed by atoms with Crippen molar-refractivity contribution in [3.8, 4) is 17.2 Å². The van der Waals surface area contributed by atoms with Gasteiger partial charge in [-0.25, -0.2) is 4.79 Å². The number of fused-ring (bicyclic) bond motifs is 1. The number of carbonyl (C=O) groups excluding carboxylic acids is 1. The highest BCUT2D eigenvalue weighted by atomic mass is 16.6. The first-order valence-electron chi connectivity index (χ1n) is 6.12. The fourth-order valence-corrected chi connectivity index (χ4v) is 2.10. The first kappa shape index (κ1) is 12.3. The van der Waals surface area contributed by atoms with Gasteiger partial charge in [0.2, 0.25) is 0 Å². The van der Waals surface area contributed by atoms with Crippen molar-refractivity contribution in [2.45, 2.75) is 6.54 Å². The van der Waals surface area contributed by atoms with Crippen LogP contribution in [-0.4, -0.2) is 18.3 Å². The summed E-state index contributed by atoms with van der Waals surface area (Å²) in [6, 6.07) is 11.8. The number of hydrogen-bond donors (Lipinski definition) is 1. The predicted octanol–water partition coefficient (Wildman–Crippen LogP) is 2.92. The van der Waals surface area contributed by atoms with Crippen molar-refractivity contribution in [1.82, 2.24) is 0 Å². The van der Waals surface area contributed by atoms with Crippen LogP contribution in [0.3, 0.4) is 0 Å². The number of anilines is 1. The van der Waals surface area contributed by atoms with E-state index in [2.05, 4.69) is 0 Å². The fraction of sp³-hybridized carbons (Fsp3) is 0.133. The lowest BCUT2D eigenvalue weighted by Crippen LogP contribution is -2.36. The third kappa shape index (κ3) is 2.14. The summed E-state index contributed by atoms with van der Waals surface area (Å²) < 4.78 is 10.4. The van der Waals surface area contributed by atoms with E-state index in [0.717, 1.165) is 5.56 Å². The molecule has 0 radical (unpaired) electrons. The second-order valence-electron chi connectivity index (χ2n) is 4.44. The van der Waals surface area contributed by atoms with E-state index in [4.69, 9.17) is 9.47 Å². The maximum atomic E-state index is 12.0. The second kappa shape index (κ2) is 4.77. The lowest BCUT2D eigenvalue weighted by Gasteiger charge is -2.28. The number of carbonyl (C=O) groups is 1. The Hall–Kier alpha value is -2.69. The molecule has 1 heterocycles. The molecule has 1 aliphatic heterocycles. The maximum absolute atomic E-state index is 12.0. The number of phenolic OH excluding ortho intramolecular Hbond substituents is 1. The van der Waals surface area contributed by atoms with Crippen LogP contribution >= 0.6 is 0 Å². The average molecular weight is 271 g/mol. The summed E-state index contributed by atoms with van der Waals surface area (Å²) >= 11 is 0. The minimum atomic E-state index is -0.448. The predicted molar refractivity (Wildman–Crippen MR) is 73.3 cm³/mol. The van der Waals surface area contributed by atoms with Crippen molar-refractivity contribution in [3.05, 3.63) is 48.0 Å². The number of ether oxygens (including phenoxy) is 2. The van der Waals surface area contributed by atoms with Crippen molar-refractivity contribution in [2.75, 3.05) is 12.0 Å². The standard InChI is InChI=1S/C15H13NO4/c1-19-13-7-2-10-9-16(15(18)20-14(10)8-13)11-3-5-12(17)6-4-11/h2-8,17H,9H2,1H3. The van der Waals surface area contributed by atoms with Gasteiger partial charge in [0.05, 0.1) is 13.7 Å². The number of benzene rings is 2. The molecule has 0 fully saturated rings. The third-order valence-electron chi connectivity index (χ3n) is 3.18. The molecule has 0 atom stereocenters. The number of amides is 1. The quantitative estimate of drug-likeness (QED) is 0.912. The first-order valence-corrected chi connectivity index (χ1v) is 6.12. The molecule has 0 spiro atoms. The highest BCUT2D eigenvalue weighted by Crippen LogP contribution is 2.32. The van der Waals surface area contributed by atoms with E-state index >= 15 is 0 Å². The molecule has 2 aromatic rings. The molecular weight excluding hydrogens is 258 g/mol. The molecule has 5 heteroatoms. The van der Waals surface area contributed by atoms with Crippen molar-refractivity contribution in [3.63, 3.8) is 0 Å². The Balaban J connectivity index is 1.93. The number of hydrogen-bond acceptors (Lipinski definition) is 4. The van der Waals surface area contributed by atoms with E-state index in [1.54, 1.807) is 25.3 Å². The van der Waals surface area contributed by atoms with Gasteiger partial charge < -0.3 is 14.6 Å². The lowest BCUT2D eigenvalue weighted by atomic mass is 10.1. The summed E-state index contributed by atoms with van der Waals surface area (Å²) in [4.78, 5) is 13.6. The van der Waals surface area contributed by atoms with Gasteiger partial charge in [0.15, 0.2) is 0 Å². The number of aromatic hydroxyl groups is 1. The van der Waals surface area contributed by atoms with Crippen molar-refractivity contribution in [2.24, 2.45) is 0 Å². The molecule has 102 valence electrons. The summed E-state index contributed by atoms with van der Waals surface area (Å²) in [5.41, 5.74) is 1.58. The molecule has 3 rings (SSSR count). The van der Waals surface area contributed by atoms with Crippen LogP contribution < -0.4 is 14.4 Å². The van der Waals surface area contributed by atoms with E-state index < -0.39 is 6.09 Å². The van der Waals surface area contributed by atoms with E-state index in [-0.39, 0.29) is 5.75 Å². The summed E-state index contributed by atoms with van der Waals surface area (Å²) in [7, 11) is 1.56. The summed E-state index contributed by atoms with van der Waals surface area (Å²) in [5, 5.41) is 9.29. The highest BCUT2D eigenvalue weighted by molar-refractivity contribution is 5.91. The van der Waals surface area contributed by atoms with Crippen molar-refractivity contribution >= 4 is 11.8 Å². The Kier molecular flexibility index (Phi) is 2.95. The van der Waals surface area contributed by atoms with Crippen LogP contribution in [0.25, 0.3) is 0 Å². The van der Waals surface area contributed by atoms with Gasteiger partial charge in [0, 0.05) is 17.3 Å². The van der Waals surface area contributed by atoms with Gasteiger partial charge in [-0.2, -0.15) is 0 Å². The largest absolute Gasteiger partial charge is 0.508 e. The molecule has 2 aromatic carbocycles. The van der Waals surface area contributed by atoms with E-state index in [9.17, 15) is 9.90 Å².